The molecule has 3 aromatic rings. The third-order valence-corrected chi connectivity index (χ3v) is 8.85. The molecule has 0 radical (unpaired) electrons. The van der Waals surface area contributed by atoms with E-state index in [0.717, 1.165) is 27.2 Å². The highest BCUT2D eigenvalue weighted by molar-refractivity contribution is 9.10. The smallest absolute Gasteiger partial charge is 0.264 e. The van der Waals surface area contributed by atoms with Crippen LogP contribution in [-0.4, -0.2) is 44.3 Å². The highest BCUT2D eigenvalue weighted by Crippen LogP contribution is 2.33. The van der Waals surface area contributed by atoms with Gasteiger partial charge in [0.2, 0.25) is 11.8 Å². The maximum Gasteiger partial charge on any atom is 0.264 e. The Labute approximate surface area is 248 Å². The summed E-state index contributed by atoms with van der Waals surface area (Å²) in [5.41, 5.74) is 0.827. The van der Waals surface area contributed by atoms with Gasteiger partial charge in [-0.25, -0.2) is 8.42 Å². The second kappa shape index (κ2) is 14.2. The first kappa shape index (κ1) is 30.9. The summed E-state index contributed by atoms with van der Waals surface area (Å²) in [6.07, 6.45) is 1.70. The molecular weight excluding hydrogens is 625 g/mol. The molecule has 208 valence electrons. The third kappa shape index (κ3) is 8.20. The molecule has 0 spiro atoms. The van der Waals surface area contributed by atoms with Crippen LogP contribution in [0.2, 0.25) is 10.0 Å². The molecule has 39 heavy (non-hydrogen) atoms. The van der Waals surface area contributed by atoms with Gasteiger partial charge in [-0.05, 0) is 61.4 Å². The summed E-state index contributed by atoms with van der Waals surface area (Å²) in [5.74, 6) is -0.909. The normalized spacial score (nSPS) is 12.0. The number of anilines is 1. The molecule has 1 atom stereocenters. The second-order valence-corrected chi connectivity index (χ2v) is 12.5. The molecule has 3 aromatic carbocycles. The van der Waals surface area contributed by atoms with Crippen molar-refractivity contribution in [3.05, 3.63) is 92.9 Å². The zero-order valence-corrected chi connectivity index (χ0v) is 25.5. The fourth-order valence-electron chi connectivity index (χ4n) is 3.86. The van der Waals surface area contributed by atoms with Gasteiger partial charge in [0.1, 0.15) is 12.6 Å². The summed E-state index contributed by atoms with van der Waals surface area (Å²) in [6, 6.07) is 18.6. The van der Waals surface area contributed by atoms with E-state index in [1.165, 1.54) is 35.2 Å². The van der Waals surface area contributed by atoms with Crippen molar-refractivity contribution in [1.82, 2.24) is 10.2 Å². The van der Waals surface area contributed by atoms with Crippen LogP contribution in [0.4, 0.5) is 5.69 Å². The van der Waals surface area contributed by atoms with Crippen LogP contribution >= 0.6 is 39.1 Å². The largest absolute Gasteiger partial charge is 0.354 e. The van der Waals surface area contributed by atoms with Crippen LogP contribution in [-0.2, 0) is 26.2 Å². The van der Waals surface area contributed by atoms with E-state index >= 15 is 0 Å². The summed E-state index contributed by atoms with van der Waals surface area (Å²) >= 11 is 16.1. The summed E-state index contributed by atoms with van der Waals surface area (Å²) in [7, 11) is -4.23. The Bertz CT molecular complexity index is 1410. The molecule has 0 aliphatic carbocycles. The van der Waals surface area contributed by atoms with Gasteiger partial charge in [0, 0.05) is 22.6 Å². The van der Waals surface area contributed by atoms with E-state index in [1.807, 2.05) is 31.2 Å². The van der Waals surface area contributed by atoms with Crippen LogP contribution in [0.1, 0.15) is 32.3 Å². The van der Waals surface area contributed by atoms with Gasteiger partial charge in [0.05, 0.1) is 15.6 Å². The minimum Gasteiger partial charge on any atom is -0.354 e. The molecule has 0 bridgehead atoms. The van der Waals surface area contributed by atoms with Crippen molar-refractivity contribution in [2.75, 3.05) is 17.4 Å². The number of carbonyl (C=O) groups excluding carboxylic acids is 2. The SMILES string of the molecule is CCCCNC(=O)[C@@H](C)N(Cc1cccc(Br)c1)C(=O)CN(c1cc(Cl)ccc1Cl)S(=O)(=O)c1ccccc1. The van der Waals surface area contributed by atoms with Gasteiger partial charge in [-0.3, -0.25) is 13.9 Å². The monoisotopic (exact) mass is 653 g/mol. The van der Waals surface area contributed by atoms with E-state index in [2.05, 4.69) is 21.2 Å². The fraction of sp³-hybridized carbons (Fsp3) is 0.286. The molecule has 3 rings (SSSR count). The molecule has 7 nitrogen and oxygen atoms in total. The van der Waals surface area contributed by atoms with E-state index in [1.54, 1.807) is 25.1 Å². The summed E-state index contributed by atoms with van der Waals surface area (Å²) in [4.78, 5) is 28.3. The maximum atomic E-state index is 13.9. The molecule has 11 heteroatoms. The van der Waals surface area contributed by atoms with Crippen LogP contribution in [0.25, 0.3) is 0 Å². The number of unbranched alkanes of at least 4 members (excludes halogenated alkanes) is 1. The summed E-state index contributed by atoms with van der Waals surface area (Å²) in [6.45, 7) is 3.60. The van der Waals surface area contributed by atoms with Gasteiger partial charge in [-0.15, -0.1) is 0 Å². The average Bonchev–Trinajstić information content (AvgIpc) is 2.92. The molecule has 0 heterocycles. The Hall–Kier alpha value is -2.59. The zero-order valence-electron chi connectivity index (χ0n) is 21.6. The number of hydrogen-bond donors (Lipinski definition) is 1. The van der Waals surface area contributed by atoms with E-state index < -0.39 is 28.5 Å². The average molecular weight is 655 g/mol. The van der Waals surface area contributed by atoms with Crippen molar-refractivity contribution < 1.29 is 18.0 Å². The zero-order chi connectivity index (χ0) is 28.6. The highest BCUT2D eigenvalue weighted by Gasteiger charge is 2.33. The Kier molecular flexibility index (Phi) is 11.2. The number of nitrogens with one attached hydrogen (secondary N) is 1. The molecule has 0 aliphatic rings. The lowest BCUT2D eigenvalue weighted by Crippen LogP contribution is -2.51. The first-order chi connectivity index (χ1) is 18.5. The van der Waals surface area contributed by atoms with Crippen LogP contribution in [0.3, 0.4) is 0 Å². The molecule has 0 fully saturated rings. The number of sulfonamides is 1. The maximum absolute atomic E-state index is 13.9. The first-order valence-corrected chi connectivity index (χ1v) is 15.4. The molecule has 0 aliphatic heterocycles. The number of hydrogen-bond acceptors (Lipinski definition) is 4. The predicted octanol–water partition coefficient (Wildman–Crippen LogP) is 6.28. The number of benzene rings is 3. The molecule has 0 saturated carbocycles. The van der Waals surface area contributed by atoms with Gasteiger partial charge in [0.15, 0.2) is 0 Å². The van der Waals surface area contributed by atoms with E-state index in [0.29, 0.717) is 6.54 Å². The fourth-order valence-corrected chi connectivity index (χ4v) is 6.19. The Balaban J connectivity index is 2.03. The van der Waals surface area contributed by atoms with Gasteiger partial charge in [-0.1, -0.05) is 82.8 Å². The topological polar surface area (TPSA) is 86.8 Å². The molecule has 0 aromatic heterocycles. The van der Waals surface area contributed by atoms with E-state index in [4.69, 9.17) is 23.2 Å². The van der Waals surface area contributed by atoms with Crippen molar-refractivity contribution >= 4 is 66.7 Å². The minimum atomic E-state index is -4.23. The summed E-state index contributed by atoms with van der Waals surface area (Å²) < 4.78 is 29.4. The minimum absolute atomic E-state index is 0.0160. The van der Waals surface area contributed by atoms with Crippen molar-refractivity contribution in [3.8, 4) is 0 Å². The lowest BCUT2D eigenvalue weighted by atomic mass is 10.1. The Morgan fingerprint density at radius 3 is 2.38 bits per heavy atom. The van der Waals surface area contributed by atoms with Crippen molar-refractivity contribution in [2.45, 2.75) is 44.2 Å². The number of halogens is 3. The van der Waals surface area contributed by atoms with Crippen molar-refractivity contribution in [3.63, 3.8) is 0 Å². The third-order valence-electron chi connectivity index (χ3n) is 6.03. The quantitative estimate of drug-likeness (QED) is 0.233. The van der Waals surface area contributed by atoms with Crippen LogP contribution < -0.4 is 9.62 Å². The number of rotatable bonds is 12. The standard InChI is InChI=1S/C28H30BrCl2N3O4S/c1-3-4-15-32-28(36)20(2)33(18-21-9-8-10-22(29)16-21)27(35)19-34(26-17-23(30)13-14-25(26)31)39(37,38)24-11-6-5-7-12-24/h5-14,16-17,20H,3-4,15,18-19H2,1-2H3,(H,32,36)/t20-/m1/s1. The van der Waals surface area contributed by atoms with Crippen molar-refractivity contribution in [2.24, 2.45) is 0 Å². The predicted molar refractivity (Wildman–Crippen MR) is 160 cm³/mol. The Morgan fingerprint density at radius 1 is 1.00 bits per heavy atom. The van der Waals surface area contributed by atoms with Gasteiger partial charge in [0.25, 0.3) is 10.0 Å². The molecule has 1 N–H and O–H groups in total. The van der Waals surface area contributed by atoms with Crippen LogP contribution in [0.5, 0.6) is 0 Å². The summed E-state index contributed by atoms with van der Waals surface area (Å²) in [5, 5.41) is 3.22. The number of carbonyl (C=O) groups is 2. The van der Waals surface area contributed by atoms with Crippen LogP contribution in [0.15, 0.2) is 82.2 Å². The first-order valence-electron chi connectivity index (χ1n) is 12.4. The van der Waals surface area contributed by atoms with Gasteiger partial charge < -0.3 is 10.2 Å². The highest BCUT2D eigenvalue weighted by atomic mass is 79.9. The molecule has 0 unspecified atom stereocenters. The lowest BCUT2D eigenvalue weighted by molar-refractivity contribution is -0.139. The molecular formula is C28H30BrCl2N3O4S. The van der Waals surface area contributed by atoms with Crippen LogP contribution in [0, 0.1) is 0 Å². The second-order valence-electron chi connectivity index (χ2n) is 8.89. The van der Waals surface area contributed by atoms with Gasteiger partial charge >= 0.3 is 0 Å². The molecule has 0 saturated heterocycles. The van der Waals surface area contributed by atoms with E-state index in [9.17, 15) is 18.0 Å². The van der Waals surface area contributed by atoms with Gasteiger partial charge in [-0.2, -0.15) is 0 Å². The number of amides is 2. The van der Waals surface area contributed by atoms with Crippen molar-refractivity contribution in [1.29, 1.82) is 0 Å². The number of nitrogens with zero attached hydrogens (tertiary/aromatic N) is 2. The Morgan fingerprint density at radius 2 is 1.72 bits per heavy atom. The molecule has 2 amide bonds. The van der Waals surface area contributed by atoms with E-state index in [-0.39, 0.29) is 33.1 Å². The lowest BCUT2D eigenvalue weighted by Gasteiger charge is -2.32.